The van der Waals surface area contributed by atoms with E-state index < -0.39 is 11.3 Å². The van der Waals surface area contributed by atoms with Crippen LogP contribution in [0.4, 0.5) is 0 Å². The third-order valence-electron chi connectivity index (χ3n) is 5.79. The van der Waals surface area contributed by atoms with E-state index in [0.29, 0.717) is 13.0 Å². The van der Waals surface area contributed by atoms with Gasteiger partial charge in [-0.3, -0.25) is 14.5 Å². The number of hydrogen-bond acceptors (Lipinski definition) is 6. The van der Waals surface area contributed by atoms with Crippen LogP contribution in [0.2, 0.25) is 0 Å². The van der Waals surface area contributed by atoms with Crippen molar-refractivity contribution in [3.8, 4) is 5.75 Å². The zero-order valence-corrected chi connectivity index (χ0v) is 18.0. The number of pyridine rings is 1. The number of morpholine rings is 1. The highest BCUT2D eigenvalue weighted by Gasteiger charge is 2.11. The van der Waals surface area contributed by atoms with Crippen LogP contribution < -0.4 is 11.1 Å². The number of ether oxygens (including phenoxy) is 1. The summed E-state index contributed by atoms with van der Waals surface area (Å²) < 4.78 is 6.96. The van der Waals surface area contributed by atoms with Gasteiger partial charge in [0, 0.05) is 44.9 Å². The van der Waals surface area contributed by atoms with Crippen molar-refractivity contribution in [2.75, 3.05) is 26.3 Å². The molecule has 1 aliphatic rings. The Morgan fingerprint density at radius 2 is 1.69 bits per heavy atom. The summed E-state index contributed by atoms with van der Waals surface area (Å²) in [5.41, 5.74) is 3.14. The Labute approximate surface area is 186 Å². The molecule has 0 bridgehead atoms. The summed E-state index contributed by atoms with van der Waals surface area (Å²) in [6, 6.07) is 12.3. The van der Waals surface area contributed by atoms with Crippen LogP contribution in [-0.4, -0.2) is 50.8 Å². The largest absolute Gasteiger partial charge is 0.502 e. The number of aromatic nitrogens is 3. The SMILES string of the molecule is O=c1[nH]cnc(CCn2ccc(CCc3ccc(CN4CCOCC4)cc3)cc2=O)c1O. The molecule has 8 nitrogen and oxygen atoms in total. The maximum Gasteiger partial charge on any atom is 0.293 e. The summed E-state index contributed by atoms with van der Waals surface area (Å²) in [6.07, 6.45) is 4.96. The summed E-state index contributed by atoms with van der Waals surface area (Å²) >= 11 is 0. The van der Waals surface area contributed by atoms with Gasteiger partial charge in [-0.25, -0.2) is 4.98 Å². The van der Waals surface area contributed by atoms with Crippen LogP contribution in [-0.2, 0) is 37.1 Å². The molecule has 0 spiro atoms. The van der Waals surface area contributed by atoms with Gasteiger partial charge in [0.25, 0.3) is 11.1 Å². The molecule has 1 saturated heterocycles. The number of aromatic amines is 1. The minimum Gasteiger partial charge on any atom is -0.502 e. The lowest BCUT2D eigenvalue weighted by Crippen LogP contribution is -2.35. The van der Waals surface area contributed by atoms with Gasteiger partial charge in [0.05, 0.1) is 25.2 Å². The van der Waals surface area contributed by atoms with Gasteiger partial charge < -0.3 is 19.4 Å². The van der Waals surface area contributed by atoms with E-state index in [9.17, 15) is 14.7 Å². The first-order chi connectivity index (χ1) is 15.6. The van der Waals surface area contributed by atoms with Crippen molar-refractivity contribution < 1.29 is 9.84 Å². The summed E-state index contributed by atoms with van der Waals surface area (Å²) in [4.78, 5) is 32.6. The van der Waals surface area contributed by atoms with Gasteiger partial charge in [-0.2, -0.15) is 0 Å². The predicted octanol–water partition coefficient (Wildman–Crippen LogP) is 1.50. The molecule has 3 aromatic rings. The van der Waals surface area contributed by atoms with Gasteiger partial charge in [0.15, 0.2) is 0 Å². The van der Waals surface area contributed by atoms with E-state index in [2.05, 4.69) is 39.1 Å². The van der Waals surface area contributed by atoms with Crippen LogP contribution >= 0.6 is 0 Å². The Hall–Kier alpha value is -3.23. The van der Waals surface area contributed by atoms with Crippen LogP contribution in [0.1, 0.15) is 22.4 Å². The number of H-pyrrole nitrogens is 1. The first-order valence-corrected chi connectivity index (χ1v) is 10.9. The van der Waals surface area contributed by atoms with E-state index in [1.165, 1.54) is 17.5 Å². The molecule has 1 aliphatic heterocycles. The summed E-state index contributed by atoms with van der Waals surface area (Å²) in [5, 5.41) is 9.77. The van der Waals surface area contributed by atoms with E-state index in [1.807, 2.05) is 6.07 Å². The number of hydrogen-bond donors (Lipinski definition) is 2. The summed E-state index contributed by atoms with van der Waals surface area (Å²) in [6.45, 7) is 4.87. The molecular formula is C24H28N4O4. The van der Waals surface area contributed by atoms with E-state index in [1.54, 1.807) is 16.8 Å². The third kappa shape index (κ3) is 5.72. The topological polar surface area (TPSA) is 100 Å². The van der Waals surface area contributed by atoms with Crippen LogP contribution in [0.15, 0.2) is 58.5 Å². The third-order valence-corrected chi connectivity index (χ3v) is 5.79. The normalized spacial score (nSPS) is 14.5. The molecule has 4 rings (SSSR count). The second kappa shape index (κ2) is 10.4. The van der Waals surface area contributed by atoms with Gasteiger partial charge >= 0.3 is 0 Å². The van der Waals surface area contributed by atoms with E-state index >= 15 is 0 Å². The molecule has 32 heavy (non-hydrogen) atoms. The molecule has 1 fully saturated rings. The van der Waals surface area contributed by atoms with E-state index in [0.717, 1.165) is 51.3 Å². The molecule has 0 saturated carbocycles. The number of nitrogens with one attached hydrogen (secondary N) is 1. The molecular weight excluding hydrogens is 408 g/mol. The molecule has 0 aliphatic carbocycles. The molecule has 3 heterocycles. The lowest BCUT2D eigenvalue weighted by atomic mass is 10.0. The standard InChI is InChI=1S/C24H28N4O4/c29-22-15-19(7-9-28(22)10-8-21-23(30)24(31)26-17-25-21)4-1-18-2-5-20(6-3-18)16-27-11-13-32-14-12-27/h2-3,5-7,9,15,17,30H,1,4,8,10-14,16H2,(H,25,26,31). The Kier molecular flexibility index (Phi) is 7.14. The van der Waals surface area contributed by atoms with Crippen molar-refractivity contribution in [3.63, 3.8) is 0 Å². The lowest BCUT2D eigenvalue weighted by Gasteiger charge is -2.26. The number of aryl methyl sites for hydroxylation is 4. The van der Waals surface area contributed by atoms with Crippen LogP contribution in [0.3, 0.4) is 0 Å². The van der Waals surface area contributed by atoms with E-state index in [4.69, 9.17) is 4.74 Å². The van der Waals surface area contributed by atoms with Crippen LogP contribution in [0.25, 0.3) is 0 Å². The second-order valence-electron chi connectivity index (χ2n) is 8.05. The predicted molar refractivity (Wildman–Crippen MR) is 121 cm³/mol. The van der Waals surface area contributed by atoms with Crippen molar-refractivity contribution in [2.45, 2.75) is 32.4 Å². The minimum absolute atomic E-state index is 0.104. The smallest absolute Gasteiger partial charge is 0.293 e. The molecule has 168 valence electrons. The van der Waals surface area contributed by atoms with Crippen molar-refractivity contribution in [1.82, 2.24) is 19.4 Å². The number of rotatable bonds is 8. The fourth-order valence-corrected chi connectivity index (χ4v) is 3.85. The highest BCUT2D eigenvalue weighted by Crippen LogP contribution is 2.12. The number of benzene rings is 1. The maximum atomic E-state index is 12.5. The highest BCUT2D eigenvalue weighted by molar-refractivity contribution is 5.24. The molecule has 1 aromatic carbocycles. The fraction of sp³-hybridized carbons (Fsp3) is 0.375. The average Bonchev–Trinajstić information content (AvgIpc) is 2.81. The van der Waals surface area contributed by atoms with Crippen molar-refractivity contribution in [2.24, 2.45) is 0 Å². The zero-order valence-electron chi connectivity index (χ0n) is 18.0. The van der Waals surface area contributed by atoms with Crippen molar-refractivity contribution >= 4 is 0 Å². The van der Waals surface area contributed by atoms with Crippen molar-refractivity contribution in [3.05, 3.63) is 92.0 Å². The fourth-order valence-electron chi connectivity index (χ4n) is 3.85. The van der Waals surface area contributed by atoms with Gasteiger partial charge in [-0.15, -0.1) is 0 Å². The monoisotopic (exact) mass is 436 g/mol. The van der Waals surface area contributed by atoms with Gasteiger partial charge in [0.2, 0.25) is 5.75 Å². The molecule has 8 heteroatoms. The minimum atomic E-state index is -0.577. The molecule has 0 radical (unpaired) electrons. The Balaban J connectivity index is 1.30. The van der Waals surface area contributed by atoms with Crippen molar-refractivity contribution in [1.29, 1.82) is 0 Å². The second-order valence-corrected chi connectivity index (χ2v) is 8.05. The lowest BCUT2D eigenvalue weighted by molar-refractivity contribution is 0.0342. The van der Waals surface area contributed by atoms with Crippen LogP contribution in [0, 0.1) is 0 Å². The zero-order chi connectivity index (χ0) is 22.3. The molecule has 2 N–H and O–H groups in total. The average molecular weight is 437 g/mol. The first-order valence-electron chi connectivity index (χ1n) is 10.9. The van der Waals surface area contributed by atoms with Crippen LogP contribution in [0.5, 0.6) is 5.75 Å². The summed E-state index contributed by atoms with van der Waals surface area (Å²) in [7, 11) is 0. The number of aromatic hydroxyl groups is 1. The Morgan fingerprint density at radius 1 is 0.969 bits per heavy atom. The molecule has 2 aromatic heterocycles. The highest BCUT2D eigenvalue weighted by atomic mass is 16.5. The quantitative estimate of drug-likeness (QED) is 0.555. The summed E-state index contributed by atoms with van der Waals surface area (Å²) in [5.74, 6) is -0.395. The maximum absolute atomic E-state index is 12.5. The van der Waals surface area contributed by atoms with Gasteiger partial charge in [0.1, 0.15) is 0 Å². The number of nitrogens with zero attached hydrogens (tertiary/aromatic N) is 3. The molecule has 0 amide bonds. The molecule has 0 unspecified atom stereocenters. The van der Waals surface area contributed by atoms with Gasteiger partial charge in [-0.1, -0.05) is 24.3 Å². The molecule has 0 atom stereocenters. The first kappa shape index (κ1) is 22.0. The van der Waals surface area contributed by atoms with Gasteiger partial charge in [-0.05, 0) is 35.6 Å². The van der Waals surface area contributed by atoms with E-state index in [-0.39, 0.29) is 11.3 Å². The Morgan fingerprint density at radius 3 is 2.44 bits per heavy atom. The Bertz CT molecular complexity index is 1150.